The van der Waals surface area contributed by atoms with E-state index in [-0.39, 0.29) is 11.1 Å². The number of hydrogen-bond donors (Lipinski definition) is 1. The number of rotatable bonds is 6. The van der Waals surface area contributed by atoms with Crippen LogP contribution in [-0.2, 0) is 23.9 Å². The SMILES string of the molecule is CC(C)(Cc1ccccc1)n1cc[n+](C(C)(C)Cc2ccccc2)c1.O=C([O-])O. The first-order chi connectivity index (χ1) is 13.6. The van der Waals surface area contributed by atoms with E-state index in [0.29, 0.717) is 0 Å². The summed E-state index contributed by atoms with van der Waals surface area (Å²) in [7, 11) is 0. The first-order valence-electron chi connectivity index (χ1n) is 9.68. The van der Waals surface area contributed by atoms with Crippen LogP contribution >= 0.6 is 0 Å². The lowest BCUT2D eigenvalue weighted by molar-refractivity contribution is -0.757. The van der Waals surface area contributed by atoms with Crippen molar-refractivity contribution >= 4 is 6.16 Å². The summed E-state index contributed by atoms with van der Waals surface area (Å²) in [5.74, 6) is 0. The van der Waals surface area contributed by atoms with E-state index < -0.39 is 6.16 Å². The molecule has 3 aromatic rings. The number of hydrogen-bond acceptors (Lipinski definition) is 2. The third-order valence-corrected chi connectivity index (χ3v) is 4.99. The molecule has 0 radical (unpaired) electrons. The van der Waals surface area contributed by atoms with Crippen LogP contribution in [-0.4, -0.2) is 15.8 Å². The first kappa shape index (κ1) is 22.2. The van der Waals surface area contributed by atoms with E-state index in [1.54, 1.807) is 0 Å². The van der Waals surface area contributed by atoms with Gasteiger partial charge in [-0.1, -0.05) is 60.7 Å². The maximum Gasteiger partial charge on any atom is 0.249 e. The Morgan fingerprint density at radius 1 is 0.931 bits per heavy atom. The van der Waals surface area contributed by atoms with Crippen LogP contribution in [0.1, 0.15) is 38.8 Å². The second-order valence-electron chi connectivity index (χ2n) is 8.44. The van der Waals surface area contributed by atoms with Crippen molar-refractivity contribution in [2.24, 2.45) is 0 Å². The molecule has 5 heteroatoms. The smallest absolute Gasteiger partial charge is 0.249 e. The Hall–Kier alpha value is -3.08. The molecule has 0 bridgehead atoms. The van der Waals surface area contributed by atoms with E-state index in [0.717, 1.165) is 12.8 Å². The fourth-order valence-corrected chi connectivity index (χ4v) is 3.44. The van der Waals surface area contributed by atoms with E-state index in [4.69, 9.17) is 15.0 Å². The molecule has 1 aromatic heterocycles. The largest absolute Gasteiger partial charge is 0.565 e. The van der Waals surface area contributed by atoms with E-state index >= 15 is 0 Å². The van der Waals surface area contributed by atoms with Crippen LogP contribution in [0.5, 0.6) is 0 Å². The molecule has 2 aromatic carbocycles. The summed E-state index contributed by atoms with van der Waals surface area (Å²) >= 11 is 0. The molecule has 0 saturated heterocycles. The number of benzene rings is 2. The zero-order valence-corrected chi connectivity index (χ0v) is 17.6. The van der Waals surface area contributed by atoms with Crippen LogP contribution in [0.2, 0.25) is 0 Å². The Bertz CT molecular complexity index is 828. The van der Waals surface area contributed by atoms with Gasteiger partial charge in [0.2, 0.25) is 12.5 Å². The van der Waals surface area contributed by atoms with Crippen molar-refractivity contribution in [3.63, 3.8) is 0 Å². The summed E-state index contributed by atoms with van der Waals surface area (Å²) in [5.41, 5.74) is 2.82. The molecule has 0 aliphatic rings. The Labute approximate surface area is 172 Å². The van der Waals surface area contributed by atoms with Crippen molar-refractivity contribution in [1.29, 1.82) is 0 Å². The molecule has 0 fully saturated rings. The maximum absolute atomic E-state index is 8.44. The van der Waals surface area contributed by atoms with Crippen molar-refractivity contribution < 1.29 is 19.6 Å². The van der Waals surface area contributed by atoms with E-state index in [1.807, 2.05) is 0 Å². The normalized spacial score (nSPS) is 11.4. The Balaban J connectivity index is 0.000000687. The van der Waals surface area contributed by atoms with Gasteiger partial charge in [-0.3, -0.25) is 0 Å². The van der Waals surface area contributed by atoms with Gasteiger partial charge < -0.3 is 15.0 Å². The van der Waals surface area contributed by atoms with Crippen LogP contribution in [0.4, 0.5) is 4.79 Å². The second kappa shape index (κ2) is 9.41. The number of nitrogens with zero attached hydrogens (tertiary/aromatic N) is 2. The van der Waals surface area contributed by atoms with Crippen LogP contribution < -0.4 is 9.67 Å². The van der Waals surface area contributed by atoms with Crippen LogP contribution in [0.15, 0.2) is 79.4 Å². The highest BCUT2D eigenvalue weighted by molar-refractivity contribution is 5.50. The topological polar surface area (TPSA) is 69.2 Å². The molecule has 5 nitrogen and oxygen atoms in total. The van der Waals surface area contributed by atoms with Crippen LogP contribution in [0.25, 0.3) is 0 Å². The molecule has 0 spiro atoms. The van der Waals surface area contributed by atoms with Crippen molar-refractivity contribution in [2.75, 3.05) is 0 Å². The molecule has 0 aliphatic heterocycles. The molecular weight excluding hydrogens is 364 g/mol. The van der Waals surface area contributed by atoms with Gasteiger partial charge in [-0.05, 0) is 38.8 Å². The fourth-order valence-electron chi connectivity index (χ4n) is 3.44. The van der Waals surface area contributed by atoms with Crippen molar-refractivity contribution in [3.05, 3.63) is 90.5 Å². The van der Waals surface area contributed by atoms with Gasteiger partial charge in [0.05, 0.1) is 0 Å². The monoisotopic (exact) mass is 394 g/mol. The van der Waals surface area contributed by atoms with Gasteiger partial charge in [0.15, 0.2) is 0 Å². The van der Waals surface area contributed by atoms with Crippen molar-refractivity contribution in [3.8, 4) is 0 Å². The molecule has 0 unspecified atom stereocenters. The molecule has 1 heterocycles. The highest BCUT2D eigenvalue weighted by Crippen LogP contribution is 2.22. The van der Waals surface area contributed by atoms with Gasteiger partial charge in [0, 0.05) is 12.8 Å². The van der Waals surface area contributed by atoms with Gasteiger partial charge in [0.1, 0.15) is 23.5 Å². The summed E-state index contributed by atoms with van der Waals surface area (Å²) in [5, 5.41) is 15.3. The molecule has 0 aliphatic carbocycles. The van der Waals surface area contributed by atoms with Crippen molar-refractivity contribution in [2.45, 2.75) is 51.6 Å². The summed E-state index contributed by atoms with van der Waals surface area (Å²) in [6, 6.07) is 21.4. The van der Waals surface area contributed by atoms with Gasteiger partial charge in [-0.2, -0.15) is 0 Å². The quantitative estimate of drug-likeness (QED) is 0.649. The lowest BCUT2D eigenvalue weighted by Crippen LogP contribution is -2.52. The molecule has 3 rings (SSSR count). The van der Waals surface area contributed by atoms with Gasteiger partial charge in [-0.15, -0.1) is 0 Å². The number of imidazole rings is 1. The standard InChI is InChI=1S/C23H29N2.CH2O3/c1-22(2,17-20-11-7-5-8-12-20)24-15-16-25(19-24)23(3,4)18-21-13-9-6-10-14-21;2-1(3)4/h5-16,19H,17-18H2,1-4H3;(H2,2,3,4)/q+1;/p-1. The summed E-state index contributed by atoms with van der Waals surface area (Å²) in [6.45, 7) is 9.20. The van der Waals surface area contributed by atoms with Crippen LogP contribution in [0, 0.1) is 0 Å². The first-order valence-corrected chi connectivity index (χ1v) is 9.68. The summed E-state index contributed by atoms with van der Waals surface area (Å²) in [4.78, 5) is 8.44. The van der Waals surface area contributed by atoms with Gasteiger partial charge in [-0.25, -0.2) is 9.13 Å². The number of carboxylic acid groups (broad SMARTS) is 2. The minimum absolute atomic E-state index is 0.0371. The molecular formula is C24H30N2O3. The maximum atomic E-state index is 8.44. The lowest BCUT2D eigenvalue weighted by Gasteiger charge is -2.23. The average molecular weight is 395 g/mol. The fraction of sp³-hybridized carbons (Fsp3) is 0.333. The summed E-state index contributed by atoms with van der Waals surface area (Å²) in [6.07, 6.45) is 6.61. The van der Waals surface area contributed by atoms with E-state index in [9.17, 15) is 0 Å². The number of carbonyl (C=O) groups is 1. The van der Waals surface area contributed by atoms with Gasteiger partial charge >= 0.3 is 0 Å². The molecule has 0 amide bonds. The van der Waals surface area contributed by atoms with E-state index in [2.05, 4.69) is 116 Å². The Morgan fingerprint density at radius 2 is 1.38 bits per heavy atom. The molecule has 0 atom stereocenters. The molecule has 0 saturated carbocycles. The highest BCUT2D eigenvalue weighted by Gasteiger charge is 2.31. The third-order valence-electron chi connectivity index (χ3n) is 4.99. The molecule has 154 valence electrons. The highest BCUT2D eigenvalue weighted by atomic mass is 16.6. The average Bonchev–Trinajstić information content (AvgIpc) is 3.14. The van der Waals surface area contributed by atoms with E-state index in [1.165, 1.54) is 11.1 Å². The van der Waals surface area contributed by atoms with Crippen LogP contribution in [0.3, 0.4) is 0 Å². The summed E-state index contributed by atoms with van der Waals surface area (Å²) < 4.78 is 4.68. The molecule has 29 heavy (non-hydrogen) atoms. The number of aromatic nitrogens is 2. The zero-order valence-electron chi connectivity index (χ0n) is 17.6. The van der Waals surface area contributed by atoms with Gasteiger partial charge in [0.25, 0.3) is 0 Å². The third kappa shape index (κ3) is 6.79. The zero-order chi connectivity index (χ0) is 21.5. The Kier molecular flexibility index (Phi) is 7.21. The second-order valence-corrected chi connectivity index (χ2v) is 8.44. The lowest BCUT2D eigenvalue weighted by atomic mass is 9.94. The van der Waals surface area contributed by atoms with Crippen molar-refractivity contribution in [1.82, 2.24) is 4.57 Å². The minimum Gasteiger partial charge on any atom is -0.565 e. The Morgan fingerprint density at radius 3 is 1.86 bits per heavy atom. The molecule has 1 N–H and O–H groups in total. The predicted molar refractivity (Wildman–Crippen MR) is 112 cm³/mol. The predicted octanol–water partition coefficient (Wildman–Crippen LogP) is 3.62. The minimum atomic E-state index is -2.08.